The smallest absolute Gasteiger partial charge is 0.00953 e. The number of hydrogen-bond donors (Lipinski definition) is 0. The lowest BCUT2D eigenvalue weighted by molar-refractivity contribution is 0.569. The van der Waals surface area contributed by atoms with Crippen LogP contribution in [0.25, 0.3) is 0 Å². The van der Waals surface area contributed by atoms with Crippen LogP contribution < -0.4 is 0 Å². The first-order chi connectivity index (χ1) is 8.24. The van der Waals surface area contributed by atoms with Crippen molar-refractivity contribution in [2.45, 2.75) is 26.2 Å². The summed E-state index contributed by atoms with van der Waals surface area (Å²) in [5, 5.41) is 0. The van der Waals surface area contributed by atoms with Crippen LogP contribution in [0.5, 0.6) is 0 Å². The van der Waals surface area contributed by atoms with E-state index in [1.807, 2.05) is 11.8 Å². The van der Waals surface area contributed by atoms with Gasteiger partial charge < -0.3 is 0 Å². The van der Waals surface area contributed by atoms with Crippen molar-refractivity contribution in [3.05, 3.63) is 58.0 Å². The average Bonchev–Trinajstić information content (AvgIpc) is 2.75. The van der Waals surface area contributed by atoms with Crippen LogP contribution in [-0.4, -0.2) is 5.75 Å². The highest BCUT2D eigenvalue weighted by Crippen LogP contribution is 2.47. The molecule has 88 valence electrons. The first-order valence-corrected chi connectivity index (χ1v) is 7.32. The van der Waals surface area contributed by atoms with Gasteiger partial charge in [-0.3, -0.25) is 0 Å². The Hall–Kier alpha value is -0.950. The number of allylic oxidation sites excluding steroid dienone is 4. The molecular formula is C16H18S. The normalized spacial score (nSPS) is 26.8. The predicted molar refractivity (Wildman–Crippen MR) is 76.4 cm³/mol. The fraction of sp³-hybridized carbons (Fsp3) is 0.375. The monoisotopic (exact) mass is 242 g/mol. The third-order valence-corrected chi connectivity index (χ3v) is 4.92. The molecule has 0 radical (unpaired) electrons. The third-order valence-electron chi connectivity index (χ3n) is 3.70. The van der Waals surface area contributed by atoms with E-state index >= 15 is 0 Å². The van der Waals surface area contributed by atoms with Crippen LogP contribution in [0.15, 0.2) is 41.3 Å². The largest absolute Gasteiger partial charge is 0.130 e. The standard InChI is InChI=1S/C16H18S/c1-11-8-12(2)10-13(9-11)14-4-3-5-16-15(14)6-7-17-16/h3-5,8-10,14-15H,6-7H2,1-2H3. The van der Waals surface area contributed by atoms with Crippen molar-refractivity contribution < 1.29 is 0 Å². The molecule has 1 saturated heterocycles. The van der Waals surface area contributed by atoms with Gasteiger partial charge in [0.05, 0.1) is 0 Å². The Kier molecular flexibility index (Phi) is 2.87. The fourth-order valence-electron chi connectivity index (χ4n) is 3.03. The van der Waals surface area contributed by atoms with E-state index in [0.29, 0.717) is 5.92 Å². The number of rotatable bonds is 1. The minimum absolute atomic E-state index is 0.601. The highest BCUT2D eigenvalue weighted by atomic mass is 32.2. The van der Waals surface area contributed by atoms with Gasteiger partial charge in [-0.05, 0) is 36.5 Å². The topological polar surface area (TPSA) is 0 Å². The van der Waals surface area contributed by atoms with Crippen LogP contribution in [0.2, 0.25) is 0 Å². The maximum Gasteiger partial charge on any atom is 0.00953 e. The number of thioether (sulfide) groups is 1. The number of aryl methyl sites for hydroxylation is 2. The highest BCUT2D eigenvalue weighted by Gasteiger charge is 2.30. The summed E-state index contributed by atoms with van der Waals surface area (Å²) in [5.74, 6) is 2.63. The van der Waals surface area contributed by atoms with E-state index < -0.39 is 0 Å². The molecule has 0 nitrogen and oxygen atoms in total. The van der Waals surface area contributed by atoms with Crippen molar-refractivity contribution in [2.75, 3.05) is 5.75 Å². The molecule has 1 aromatic carbocycles. The summed E-state index contributed by atoms with van der Waals surface area (Å²) in [7, 11) is 0. The summed E-state index contributed by atoms with van der Waals surface area (Å²) in [6, 6.07) is 6.97. The quantitative estimate of drug-likeness (QED) is 0.694. The molecular weight excluding hydrogens is 224 g/mol. The number of hydrogen-bond acceptors (Lipinski definition) is 1. The van der Waals surface area contributed by atoms with Crippen molar-refractivity contribution in [3.63, 3.8) is 0 Å². The van der Waals surface area contributed by atoms with Crippen LogP contribution >= 0.6 is 11.8 Å². The van der Waals surface area contributed by atoms with Crippen molar-refractivity contribution in [1.82, 2.24) is 0 Å². The van der Waals surface area contributed by atoms with Gasteiger partial charge in [-0.15, -0.1) is 11.8 Å². The Balaban J connectivity index is 1.98. The molecule has 3 rings (SSSR count). The maximum absolute atomic E-state index is 2.38. The summed E-state index contributed by atoms with van der Waals surface area (Å²) in [5.41, 5.74) is 4.27. The van der Waals surface area contributed by atoms with Crippen LogP contribution in [0.1, 0.15) is 29.0 Å². The van der Waals surface area contributed by atoms with Crippen LogP contribution in [0.4, 0.5) is 0 Å². The summed E-state index contributed by atoms with van der Waals surface area (Å²) >= 11 is 2.04. The van der Waals surface area contributed by atoms with Gasteiger partial charge in [-0.1, -0.05) is 47.6 Å². The molecule has 0 aromatic heterocycles. The molecule has 1 heterocycles. The second-order valence-electron chi connectivity index (χ2n) is 5.14. The van der Waals surface area contributed by atoms with E-state index in [4.69, 9.17) is 0 Å². The molecule has 0 saturated carbocycles. The molecule has 0 N–H and O–H groups in total. The van der Waals surface area contributed by atoms with Crippen LogP contribution in [-0.2, 0) is 0 Å². The summed E-state index contributed by atoms with van der Waals surface area (Å²) in [6.45, 7) is 4.40. The SMILES string of the molecule is Cc1cc(C)cc(C2C=CC=C3SCCC32)c1. The van der Waals surface area contributed by atoms with Gasteiger partial charge in [0, 0.05) is 11.8 Å². The van der Waals surface area contributed by atoms with Gasteiger partial charge in [-0.2, -0.15) is 0 Å². The van der Waals surface area contributed by atoms with Crippen molar-refractivity contribution in [2.24, 2.45) is 5.92 Å². The van der Waals surface area contributed by atoms with Gasteiger partial charge in [0.1, 0.15) is 0 Å². The van der Waals surface area contributed by atoms with E-state index in [1.165, 1.54) is 28.9 Å². The maximum atomic E-state index is 2.38. The van der Waals surface area contributed by atoms with Crippen LogP contribution in [0, 0.1) is 19.8 Å². The zero-order valence-electron chi connectivity index (χ0n) is 10.4. The lowest BCUT2D eigenvalue weighted by Gasteiger charge is -2.25. The van der Waals surface area contributed by atoms with Gasteiger partial charge in [0.15, 0.2) is 0 Å². The number of benzene rings is 1. The van der Waals surface area contributed by atoms with E-state index in [9.17, 15) is 0 Å². The fourth-order valence-corrected chi connectivity index (χ4v) is 4.29. The molecule has 0 amide bonds. The Bertz CT molecular complexity index is 476. The Labute approximate surface area is 108 Å². The second-order valence-corrected chi connectivity index (χ2v) is 6.31. The molecule has 1 aromatic rings. The van der Waals surface area contributed by atoms with Crippen molar-refractivity contribution in [1.29, 1.82) is 0 Å². The van der Waals surface area contributed by atoms with Gasteiger partial charge >= 0.3 is 0 Å². The van der Waals surface area contributed by atoms with E-state index in [-0.39, 0.29) is 0 Å². The van der Waals surface area contributed by atoms with Crippen LogP contribution in [0.3, 0.4) is 0 Å². The second kappa shape index (κ2) is 4.38. The van der Waals surface area contributed by atoms with Gasteiger partial charge in [0.25, 0.3) is 0 Å². The Morgan fingerprint density at radius 3 is 2.65 bits per heavy atom. The first-order valence-electron chi connectivity index (χ1n) is 6.33. The minimum Gasteiger partial charge on any atom is -0.130 e. The lowest BCUT2D eigenvalue weighted by atomic mass is 9.80. The highest BCUT2D eigenvalue weighted by molar-refractivity contribution is 8.03. The summed E-state index contributed by atoms with van der Waals surface area (Å²) < 4.78 is 0. The minimum atomic E-state index is 0.601. The first kappa shape index (κ1) is 11.2. The van der Waals surface area contributed by atoms with Gasteiger partial charge in [0.2, 0.25) is 0 Å². The van der Waals surface area contributed by atoms with Gasteiger partial charge in [-0.25, -0.2) is 0 Å². The number of fused-ring (bicyclic) bond motifs is 1. The molecule has 1 aliphatic heterocycles. The summed E-state index contributed by atoms with van der Waals surface area (Å²) in [6.07, 6.45) is 8.26. The van der Waals surface area contributed by atoms with E-state index in [2.05, 4.69) is 50.3 Å². The van der Waals surface area contributed by atoms with Crippen molar-refractivity contribution in [3.8, 4) is 0 Å². The van der Waals surface area contributed by atoms with E-state index in [1.54, 1.807) is 4.91 Å². The zero-order valence-corrected chi connectivity index (χ0v) is 11.3. The lowest BCUT2D eigenvalue weighted by Crippen LogP contribution is -2.11. The molecule has 2 aliphatic rings. The van der Waals surface area contributed by atoms with E-state index in [0.717, 1.165) is 5.92 Å². The predicted octanol–water partition coefficient (Wildman–Crippen LogP) is 4.59. The molecule has 0 bridgehead atoms. The molecule has 1 fully saturated rings. The Morgan fingerprint density at radius 2 is 1.88 bits per heavy atom. The average molecular weight is 242 g/mol. The summed E-state index contributed by atoms with van der Waals surface area (Å²) in [4.78, 5) is 1.59. The third kappa shape index (κ3) is 2.09. The Morgan fingerprint density at radius 1 is 1.12 bits per heavy atom. The molecule has 1 aliphatic carbocycles. The molecule has 2 atom stereocenters. The molecule has 17 heavy (non-hydrogen) atoms. The van der Waals surface area contributed by atoms with Crippen molar-refractivity contribution >= 4 is 11.8 Å². The molecule has 1 heteroatoms. The molecule has 2 unspecified atom stereocenters. The molecule has 0 spiro atoms. The zero-order chi connectivity index (χ0) is 11.8.